The molecule has 162 valence electrons. The fraction of sp³-hybridized carbons (Fsp3) is 0.364. The van der Waals surface area contributed by atoms with E-state index < -0.39 is 6.04 Å². The first kappa shape index (κ1) is 23.8. The van der Waals surface area contributed by atoms with Crippen molar-refractivity contribution < 1.29 is 19.1 Å². The molecule has 2 aromatic carbocycles. The van der Waals surface area contributed by atoms with Crippen molar-refractivity contribution in [2.24, 2.45) is 0 Å². The van der Waals surface area contributed by atoms with E-state index in [-0.39, 0.29) is 25.0 Å². The molecule has 0 spiro atoms. The molecular weight excluding hydrogens is 427 g/mol. The van der Waals surface area contributed by atoms with Crippen molar-refractivity contribution in [2.45, 2.75) is 32.9 Å². The van der Waals surface area contributed by atoms with Crippen LogP contribution in [0.1, 0.15) is 25.8 Å². The summed E-state index contributed by atoms with van der Waals surface area (Å²) in [6.07, 6.45) is 0.795. The first-order valence-corrected chi connectivity index (χ1v) is 10.4. The minimum atomic E-state index is -0.726. The van der Waals surface area contributed by atoms with Gasteiger partial charge in [-0.15, -0.1) is 0 Å². The molecule has 0 aliphatic rings. The van der Waals surface area contributed by atoms with Crippen molar-refractivity contribution in [3.05, 3.63) is 58.1 Å². The van der Waals surface area contributed by atoms with Gasteiger partial charge in [0.2, 0.25) is 5.91 Å². The second-order valence-electron chi connectivity index (χ2n) is 6.65. The molecule has 0 saturated carbocycles. The minimum Gasteiger partial charge on any atom is -0.497 e. The van der Waals surface area contributed by atoms with Crippen LogP contribution in [0.4, 0.5) is 0 Å². The lowest BCUT2D eigenvalue weighted by Crippen LogP contribution is -2.49. The minimum absolute atomic E-state index is 0.0873. The molecule has 2 aromatic rings. The zero-order valence-corrected chi connectivity index (χ0v) is 18.8. The SMILES string of the molecule is CCCNC(=O)[C@H](C)N(Cc1c(Cl)cccc1Cl)C(=O)COc1ccc(OC)cc1. The molecule has 0 aliphatic carbocycles. The molecule has 0 saturated heterocycles. The Morgan fingerprint density at radius 1 is 1.07 bits per heavy atom. The van der Waals surface area contributed by atoms with Crippen LogP contribution >= 0.6 is 23.2 Å². The largest absolute Gasteiger partial charge is 0.497 e. The average Bonchev–Trinajstić information content (AvgIpc) is 2.75. The van der Waals surface area contributed by atoms with Crippen LogP contribution in [-0.4, -0.2) is 43.0 Å². The second-order valence-corrected chi connectivity index (χ2v) is 7.47. The molecule has 0 bridgehead atoms. The maximum absolute atomic E-state index is 13.0. The Balaban J connectivity index is 2.18. The number of benzene rings is 2. The number of nitrogens with one attached hydrogen (secondary N) is 1. The number of halogens is 2. The van der Waals surface area contributed by atoms with Crippen LogP contribution in [0.2, 0.25) is 10.0 Å². The maximum Gasteiger partial charge on any atom is 0.261 e. The van der Waals surface area contributed by atoms with Crippen LogP contribution in [0.5, 0.6) is 11.5 Å². The van der Waals surface area contributed by atoms with Gasteiger partial charge in [-0.25, -0.2) is 0 Å². The molecule has 8 heteroatoms. The van der Waals surface area contributed by atoms with Crippen LogP contribution in [0.15, 0.2) is 42.5 Å². The molecule has 1 N–H and O–H groups in total. The van der Waals surface area contributed by atoms with E-state index in [4.69, 9.17) is 32.7 Å². The topological polar surface area (TPSA) is 67.9 Å². The Labute approximate surface area is 187 Å². The summed E-state index contributed by atoms with van der Waals surface area (Å²) in [5.41, 5.74) is 0.578. The highest BCUT2D eigenvalue weighted by Gasteiger charge is 2.27. The van der Waals surface area contributed by atoms with E-state index in [1.54, 1.807) is 56.5 Å². The van der Waals surface area contributed by atoms with Gasteiger partial charge in [0.15, 0.2) is 6.61 Å². The first-order valence-electron chi connectivity index (χ1n) is 9.64. The molecule has 0 unspecified atom stereocenters. The van der Waals surface area contributed by atoms with Crippen molar-refractivity contribution in [1.82, 2.24) is 10.2 Å². The number of hydrogen-bond acceptors (Lipinski definition) is 4. The van der Waals surface area contributed by atoms with E-state index in [2.05, 4.69) is 5.32 Å². The summed E-state index contributed by atoms with van der Waals surface area (Å²) in [6.45, 7) is 4.01. The van der Waals surface area contributed by atoms with E-state index >= 15 is 0 Å². The third-order valence-electron chi connectivity index (χ3n) is 4.53. The molecule has 0 aliphatic heterocycles. The summed E-state index contributed by atoms with van der Waals surface area (Å²) >= 11 is 12.6. The van der Waals surface area contributed by atoms with Crippen molar-refractivity contribution >= 4 is 35.0 Å². The van der Waals surface area contributed by atoms with Gasteiger partial charge < -0.3 is 19.7 Å². The van der Waals surface area contributed by atoms with E-state index in [1.165, 1.54) is 4.90 Å². The third-order valence-corrected chi connectivity index (χ3v) is 5.24. The molecule has 0 radical (unpaired) electrons. The lowest BCUT2D eigenvalue weighted by atomic mass is 10.1. The number of methoxy groups -OCH3 is 1. The number of ether oxygens (including phenoxy) is 2. The lowest BCUT2D eigenvalue weighted by Gasteiger charge is -2.29. The number of nitrogens with zero attached hydrogens (tertiary/aromatic N) is 1. The summed E-state index contributed by atoms with van der Waals surface area (Å²) < 4.78 is 10.7. The van der Waals surface area contributed by atoms with Gasteiger partial charge >= 0.3 is 0 Å². The van der Waals surface area contributed by atoms with Gasteiger partial charge in [-0.1, -0.05) is 36.2 Å². The van der Waals surface area contributed by atoms with Crippen molar-refractivity contribution in [2.75, 3.05) is 20.3 Å². The molecular formula is C22H26Cl2N2O4. The van der Waals surface area contributed by atoms with Gasteiger partial charge in [0.1, 0.15) is 17.5 Å². The molecule has 0 fully saturated rings. The highest BCUT2D eigenvalue weighted by Crippen LogP contribution is 2.26. The third kappa shape index (κ3) is 6.54. The monoisotopic (exact) mass is 452 g/mol. The van der Waals surface area contributed by atoms with Gasteiger partial charge in [-0.3, -0.25) is 9.59 Å². The Bertz CT molecular complexity index is 838. The molecule has 0 heterocycles. The number of amides is 2. The van der Waals surface area contributed by atoms with E-state index in [0.29, 0.717) is 33.7 Å². The fourth-order valence-corrected chi connectivity index (χ4v) is 3.25. The second kappa shape index (κ2) is 11.7. The van der Waals surface area contributed by atoms with Crippen LogP contribution in [0.3, 0.4) is 0 Å². The van der Waals surface area contributed by atoms with E-state index in [9.17, 15) is 9.59 Å². The molecule has 30 heavy (non-hydrogen) atoms. The first-order chi connectivity index (χ1) is 14.4. The molecule has 2 amide bonds. The quantitative estimate of drug-likeness (QED) is 0.582. The summed E-state index contributed by atoms with van der Waals surface area (Å²) in [6, 6.07) is 11.3. The summed E-state index contributed by atoms with van der Waals surface area (Å²) in [5.74, 6) is 0.589. The molecule has 2 rings (SSSR count). The highest BCUT2D eigenvalue weighted by molar-refractivity contribution is 6.36. The van der Waals surface area contributed by atoms with Gasteiger partial charge in [0.05, 0.1) is 7.11 Å². The van der Waals surface area contributed by atoms with Gasteiger partial charge in [-0.2, -0.15) is 0 Å². The average molecular weight is 453 g/mol. The predicted octanol–water partition coefficient (Wildman–Crippen LogP) is 4.32. The predicted molar refractivity (Wildman–Crippen MR) is 118 cm³/mol. The molecule has 6 nitrogen and oxygen atoms in total. The zero-order chi connectivity index (χ0) is 22.1. The standard InChI is InChI=1S/C22H26Cl2N2O4/c1-4-12-25-22(28)15(2)26(13-18-19(23)6-5-7-20(18)24)21(27)14-30-17-10-8-16(29-3)9-11-17/h5-11,15H,4,12-14H2,1-3H3,(H,25,28)/t15-/m0/s1. The Hall–Kier alpha value is -2.44. The van der Waals surface area contributed by atoms with Crippen molar-refractivity contribution in [1.29, 1.82) is 0 Å². The smallest absolute Gasteiger partial charge is 0.261 e. The highest BCUT2D eigenvalue weighted by atomic mass is 35.5. The maximum atomic E-state index is 13.0. The van der Waals surface area contributed by atoms with Crippen LogP contribution in [0, 0.1) is 0 Å². The number of carbonyl (C=O) groups excluding carboxylic acids is 2. The Kier molecular flexibility index (Phi) is 9.27. The van der Waals surface area contributed by atoms with Gasteiger partial charge in [0.25, 0.3) is 5.91 Å². The van der Waals surface area contributed by atoms with Crippen molar-refractivity contribution in [3.63, 3.8) is 0 Å². The fourth-order valence-electron chi connectivity index (χ4n) is 2.73. The van der Waals surface area contributed by atoms with E-state index in [1.807, 2.05) is 6.92 Å². The normalized spacial score (nSPS) is 11.5. The molecule has 1 atom stereocenters. The van der Waals surface area contributed by atoms with Crippen LogP contribution < -0.4 is 14.8 Å². The summed E-state index contributed by atoms with van der Waals surface area (Å²) in [5, 5.41) is 3.67. The molecule has 0 aromatic heterocycles. The number of rotatable bonds is 10. The van der Waals surface area contributed by atoms with Gasteiger partial charge in [0, 0.05) is 28.7 Å². The van der Waals surface area contributed by atoms with Crippen molar-refractivity contribution in [3.8, 4) is 11.5 Å². The number of carbonyl (C=O) groups is 2. The van der Waals surface area contributed by atoms with Crippen LogP contribution in [-0.2, 0) is 16.1 Å². The lowest BCUT2D eigenvalue weighted by molar-refractivity contribution is -0.142. The Morgan fingerprint density at radius 2 is 1.67 bits per heavy atom. The number of hydrogen-bond donors (Lipinski definition) is 1. The van der Waals surface area contributed by atoms with Crippen LogP contribution in [0.25, 0.3) is 0 Å². The summed E-state index contributed by atoms with van der Waals surface area (Å²) in [4.78, 5) is 26.9. The zero-order valence-electron chi connectivity index (χ0n) is 17.3. The Morgan fingerprint density at radius 3 is 2.23 bits per heavy atom. The van der Waals surface area contributed by atoms with E-state index in [0.717, 1.165) is 6.42 Å². The van der Waals surface area contributed by atoms with Gasteiger partial charge in [-0.05, 0) is 49.7 Å². The summed E-state index contributed by atoms with van der Waals surface area (Å²) in [7, 11) is 1.57.